The van der Waals surface area contributed by atoms with Gasteiger partial charge in [-0.1, -0.05) is 50.1 Å². The van der Waals surface area contributed by atoms with Crippen LogP contribution in [0.25, 0.3) is 0 Å². The van der Waals surface area contributed by atoms with E-state index in [4.69, 9.17) is 0 Å². The molecule has 0 radical (unpaired) electrons. The van der Waals surface area contributed by atoms with Crippen molar-refractivity contribution in [3.05, 3.63) is 35.4 Å². The van der Waals surface area contributed by atoms with Crippen molar-refractivity contribution in [3.8, 4) is 0 Å². The molecule has 0 atom stereocenters. The van der Waals surface area contributed by atoms with Crippen LogP contribution in [-0.2, 0) is 5.41 Å². The molecule has 0 bridgehead atoms. The van der Waals surface area contributed by atoms with E-state index in [1.54, 1.807) is 5.56 Å². The van der Waals surface area contributed by atoms with E-state index >= 15 is 0 Å². The van der Waals surface area contributed by atoms with Gasteiger partial charge in [0.15, 0.2) is 0 Å². The van der Waals surface area contributed by atoms with Gasteiger partial charge in [0.05, 0.1) is 0 Å². The Kier molecular flexibility index (Phi) is 3.88. The summed E-state index contributed by atoms with van der Waals surface area (Å²) >= 11 is 0. The van der Waals surface area contributed by atoms with Gasteiger partial charge in [-0.05, 0) is 43.7 Å². The van der Waals surface area contributed by atoms with Crippen LogP contribution in [0.5, 0.6) is 0 Å². The summed E-state index contributed by atoms with van der Waals surface area (Å²) in [6.45, 7) is 7.75. The Bertz CT molecular complexity index is 346. The highest BCUT2D eigenvalue weighted by molar-refractivity contribution is 5.30. The van der Waals surface area contributed by atoms with Gasteiger partial charge in [-0.2, -0.15) is 0 Å². The molecular weight excluding hydrogens is 206 g/mol. The molecule has 1 aromatic rings. The summed E-state index contributed by atoms with van der Waals surface area (Å²) in [5.41, 5.74) is 3.40. The van der Waals surface area contributed by atoms with E-state index in [2.05, 4.69) is 50.4 Å². The molecule has 1 N–H and O–H groups in total. The molecule has 1 heteroatoms. The molecule has 1 aliphatic carbocycles. The van der Waals surface area contributed by atoms with E-state index < -0.39 is 0 Å². The average molecular weight is 231 g/mol. The summed E-state index contributed by atoms with van der Waals surface area (Å²) in [6, 6.07) is 9.79. The number of nitrogens with one attached hydrogen (secondary N) is 1. The van der Waals surface area contributed by atoms with Crippen molar-refractivity contribution < 1.29 is 0 Å². The molecule has 0 saturated heterocycles. The third kappa shape index (κ3) is 2.90. The molecule has 0 amide bonds. The van der Waals surface area contributed by atoms with Gasteiger partial charge >= 0.3 is 0 Å². The van der Waals surface area contributed by atoms with Crippen molar-refractivity contribution in [1.29, 1.82) is 0 Å². The summed E-state index contributed by atoms with van der Waals surface area (Å²) < 4.78 is 0. The first-order valence-corrected chi connectivity index (χ1v) is 6.93. The molecule has 0 spiro atoms. The first-order valence-electron chi connectivity index (χ1n) is 6.93. The van der Waals surface area contributed by atoms with E-state index in [1.807, 2.05) is 0 Å². The molecule has 0 aliphatic heterocycles. The summed E-state index contributed by atoms with van der Waals surface area (Å²) in [7, 11) is 0. The van der Waals surface area contributed by atoms with Crippen molar-refractivity contribution in [2.75, 3.05) is 6.54 Å². The number of benzene rings is 1. The van der Waals surface area contributed by atoms with Crippen LogP contribution in [0.1, 0.15) is 50.7 Å². The Labute approximate surface area is 106 Å². The van der Waals surface area contributed by atoms with Crippen molar-refractivity contribution in [3.63, 3.8) is 0 Å². The molecule has 1 aromatic carbocycles. The fraction of sp³-hybridized carbons (Fsp3) is 0.625. The summed E-state index contributed by atoms with van der Waals surface area (Å²) in [5.74, 6) is 0. The molecule has 1 fully saturated rings. The van der Waals surface area contributed by atoms with Crippen LogP contribution in [0.4, 0.5) is 0 Å². The number of aryl methyl sites for hydroxylation is 1. The minimum atomic E-state index is 0.482. The van der Waals surface area contributed by atoms with Gasteiger partial charge in [0.1, 0.15) is 0 Å². The van der Waals surface area contributed by atoms with Crippen molar-refractivity contribution in [1.82, 2.24) is 5.32 Å². The maximum Gasteiger partial charge on any atom is 0.00103 e. The number of rotatable bonds is 5. The molecule has 1 saturated carbocycles. The van der Waals surface area contributed by atoms with Crippen molar-refractivity contribution >= 4 is 0 Å². The summed E-state index contributed by atoms with van der Waals surface area (Å²) in [4.78, 5) is 0. The molecule has 0 unspecified atom stereocenters. The largest absolute Gasteiger partial charge is 0.315 e. The maximum atomic E-state index is 3.55. The highest BCUT2D eigenvalue weighted by Gasteiger charge is 2.37. The van der Waals surface area contributed by atoms with Crippen LogP contribution >= 0.6 is 0 Å². The minimum Gasteiger partial charge on any atom is -0.315 e. The standard InChI is InChI=1S/C16H25N/c1-13(2)17-12-11-16(9-4-10-16)15-7-5-14(3)6-8-15/h5-8,13,17H,4,9-12H2,1-3H3. The topological polar surface area (TPSA) is 12.0 Å². The monoisotopic (exact) mass is 231 g/mol. The van der Waals surface area contributed by atoms with Crippen LogP contribution in [0.15, 0.2) is 24.3 Å². The fourth-order valence-corrected chi connectivity index (χ4v) is 2.79. The second-order valence-electron chi connectivity index (χ2n) is 5.86. The highest BCUT2D eigenvalue weighted by atomic mass is 14.9. The van der Waals surface area contributed by atoms with Gasteiger partial charge in [0, 0.05) is 6.04 Å². The van der Waals surface area contributed by atoms with Crippen LogP contribution in [0, 0.1) is 6.92 Å². The van der Waals surface area contributed by atoms with E-state index in [1.165, 1.54) is 31.2 Å². The van der Waals surface area contributed by atoms with Crippen LogP contribution < -0.4 is 5.32 Å². The van der Waals surface area contributed by atoms with Crippen molar-refractivity contribution in [2.45, 2.75) is 57.9 Å². The molecule has 2 rings (SSSR count). The lowest BCUT2D eigenvalue weighted by Crippen LogP contribution is -2.38. The van der Waals surface area contributed by atoms with Crippen LogP contribution in [0.2, 0.25) is 0 Å². The SMILES string of the molecule is Cc1ccc(C2(CCNC(C)C)CCC2)cc1. The van der Waals surface area contributed by atoms with E-state index in [9.17, 15) is 0 Å². The maximum absolute atomic E-state index is 3.55. The Morgan fingerprint density at radius 2 is 1.82 bits per heavy atom. The summed E-state index contributed by atoms with van der Waals surface area (Å²) in [5, 5.41) is 3.55. The van der Waals surface area contributed by atoms with Gasteiger partial charge in [-0.3, -0.25) is 0 Å². The van der Waals surface area contributed by atoms with Crippen LogP contribution in [-0.4, -0.2) is 12.6 Å². The second-order valence-corrected chi connectivity index (χ2v) is 5.86. The van der Waals surface area contributed by atoms with Gasteiger partial charge < -0.3 is 5.32 Å². The predicted molar refractivity (Wildman–Crippen MR) is 74.5 cm³/mol. The average Bonchev–Trinajstić information content (AvgIpc) is 2.23. The Balaban J connectivity index is 2.01. The Hall–Kier alpha value is -0.820. The van der Waals surface area contributed by atoms with Gasteiger partial charge in [0.25, 0.3) is 0 Å². The molecule has 1 nitrogen and oxygen atoms in total. The van der Waals surface area contributed by atoms with Gasteiger partial charge in [0.2, 0.25) is 0 Å². The first kappa shape index (κ1) is 12.6. The normalized spacial score (nSPS) is 18.1. The number of hydrogen-bond donors (Lipinski definition) is 1. The Morgan fingerprint density at radius 3 is 2.29 bits per heavy atom. The zero-order valence-electron chi connectivity index (χ0n) is 11.4. The molecule has 0 aromatic heterocycles. The molecule has 17 heavy (non-hydrogen) atoms. The number of hydrogen-bond acceptors (Lipinski definition) is 1. The molecule has 1 aliphatic rings. The smallest absolute Gasteiger partial charge is 0.00103 e. The molecule has 0 heterocycles. The lowest BCUT2D eigenvalue weighted by Gasteiger charge is -2.43. The molecular formula is C16H25N. The summed E-state index contributed by atoms with van der Waals surface area (Å²) in [6.07, 6.45) is 5.43. The predicted octanol–water partition coefficient (Wildman–Crippen LogP) is 3.80. The van der Waals surface area contributed by atoms with E-state index in [-0.39, 0.29) is 0 Å². The lowest BCUT2D eigenvalue weighted by molar-refractivity contribution is 0.222. The third-order valence-electron chi connectivity index (χ3n) is 4.13. The zero-order valence-corrected chi connectivity index (χ0v) is 11.4. The van der Waals surface area contributed by atoms with Crippen molar-refractivity contribution in [2.24, 2.45) is 0 Å². The van der Waals surface area contributed by atoms with E-state index in [0.717, 1.165) is 6.54 Å². The second kappa shape index (κ2) is 5.22. The van der Waals surface area contributed by atoms with Gasteiger partial charge in [-0.25, -0.2) is 0 Å². The molecule has 94 valence electrons. The lowest BCUT2D eigenvalue weighted by atomic mass is 9.62. The quantitative estimate of drug-likeness (QED) is 0.812. The first-order chi connectivity index (χ1) is 8.12. The van der Waals surface area contributed by atoms with Crippen LogP contribution in [0.3, 0.4) is 0 Å². The van der Waals surface area contributed by atoms with Gasteiger partial charge in [-0.15, -0.1) is 0 Å². The third-order valence-corrected chi connectivity index (χ3v) is 4.13. The minimum absolute atomic E-state index is 0.482. The zero-order chi connectivity index (χ0) is 12.3. The Morgan fingerprint density at radius 1 is 1.18 bits per heavy atom. The fourth-order valence-electron chi connectivity index (χ4n) is 2.79. The van der Waals surface area contributed by atoms with E-state index in [0.29, 0.717) is 11.5 Å². The highest BCUT2D eigenvalue weighted by Crippen LogP contribution is 2.46.